The monoisotopic (exact) mass is 548 g/mol. The van der Waals surface area contributed by atoms with Gasteiger partial charge in [0, 0.05) is 38.6 Å². The lowest BCUT2D eigenvalue weighted by Crippen LogP contribution is -2.09. The van der Waals surface area contributed by atoms with Crippen LogP contribution in [0.15, 0.2) is 148 Å². The highest BCUT2D eigenvalue weighted by Gasteiger charge is 2.16. The van der Waals surface area contributed by atoms with Crippen LogP contribution >= 0.6 is 0 Å². The molecule has 3 nitrogen and oxygen atoms in total. The maximum atomic E-state index is 9.67. The van der Waals surface area contributed by atoms with Crippen LogP contribution in [0.2, 0.25) is 0 Å². The van der Waals surface area contributed by atoms with Gasteiger partial charge in [-0.3, -0.25) is 0 Å². The molecule has 0 bridgehead atoms. The average molecular weight is 549 g/mol. The van der Waals surface area contributed by atoms with Crippen LogP contribution in [0, 0.1) is 0 Å². The Kier molecular flexibility index (Phi) is 1.97. The summed E-state index contributed by atoms with van der Waals surface area (Å²) in [5.74, 6) is 0. The van der Waals surface area contributed by atoms with Crippen molar-refractivity contribution in [3.05, 3.63) is 139 Å². The van der Waals surface area contributed by atoms with Crippen molar-refractivity contribution in [3.63, 3.8) is 0 Å². The molecule has 7 aromatic carbocycles. The summed E-state index contributed by atoms with van der Waals surface area (Å²) in [5.41, 5.74) is -4.72. The SMILES string of the molecule is [2H]c1c([2H])c([2H])c(N(c2c([2H])c([2H])c3c(c2[2H])c([2H])c([2H])c2c([2H])c4oc5c([2H])c([2H])c([2H])c([2H])c5c4c([2H])c23)c2c([2H])c([2H])c3oc4c([2H])c([2H])c([2H])c([2H])c4c3c2[2H])c([2H])c1[2H]. The molecule has 3 heteroatoms. The Morgan fingerprint density at radius 3 is 1.73 bits per heavy atom. The molecule has 0 amide bonds. The molecule has 192 valence electrons. The number of para-hydroxylation sites is 3. The first kappa shape index (κ1) is 9.53. The topological polar surface area (TPSA) is 29.5 Å². The molecule has 0 saturated heterocycles. The third-order valence-corrected chi connectivity index (χ3v) is 6.46. The molecule has 41 heavy (non-hydrogen) atoms. The van der Waals surface area contributed by atoms with Crippen LogP contribution in [-0.4, -0.2) is 0 Å². The maximum absolute atomic E-state index is 9.67. The van der Waals surface area contributed by atoms with E-state index in [1.165, 1.54) is 0 Å². The van der Waals surface area contributed by atoms with E-state index in [9.17, 15) is 9.60 Å². The van der Waals surface area contributed by atoms with Gasteiger partial charge in [-0.15, -0.1) is 0 Å². The van der Waals surface area contributed by atoms with E-state index in [1.807, 2.05) is 0 Å². The van der Waals surface area contributed by atoms with Crippen LogP contribution in [0.25, 0.3) is 65.4 Å². The Labute approximate surface area is 267 Å². The van der Waals surface area contributed by atoms with Gasteiger partial charge in [0.15, 0.2) is 0 Å². The van der Waals surface area contributed by atoms with Gasteiger partial charge in [-0.25, -0.2) is 0 Å². The molecular formula is C38H23NO2. The van der Waals surface area contributed by atoms with Gasteiger partial charge in [0.25, 0.3) is 0 Å². The van der Waals surface area contributed by atoms with Crippen molar-refractivity contribution >= 4 is 82.5 Å². The van der Waals surface area contributed by atoms with Crippen LogP contribution < -0.4 is 4.90 Å². The van der Waals surface area contributed by atoms with Crippen LogP contribution in [0.5, 0.6) is 0 Å². The van der Waals surface area contributed by atoms with Crippen molar-refractivity contribution in [1.29, 1.82) is 0 Å². The molecule has 0 unspecified atom stereocenters. The van der Waals surface area contributed by atoms with Gasteiger partial charge in [-0.2, -0.15) is 0 Å². The molecule has 0 aliphatic carbocycles. The van der Waals surface area contributed by atoms with Crippen molar-refractivity contribution < 1.29 is 40.4 Å². The van der Waals surface area contributed by atoms with Crippen molar-refractivity contribution in [1.82, 2.24) is 0 Å². The molecule has 0 N–H and O–H groups in total. The summed E-state index contributed by atoms with van der Waals surface area (Å²) in [4.78, 5) is 0.517. The normalized spacial score (nSPS) is 19.8. The summed E-state index contributed by atoms with van der Waals surface area (Å²) in [6, 6.07) is -19.4. The molecule has 0 spiro atoms. The van der Waals surface area contributed by atoms with E-state index in [0.29, 0.717) is 4.90 Å². The fourth-order valence-electron chi connectivity index (χ4n) is 4.68. The second-order valence-electron chi connectivity index (χ2n) is 8.78. The van der Waals surface area contributed by atoms with Gasteiger partial charge >= 0.3 is 0 Å². The summed E-state index contributed by atoms with van der Waals surface area (Å²) in [5, 5.41) is -3.82. The van der Waals surface area contributed by atoms with Crippen molar-refractivity contribution in [2.24, 2.45) is 0 Å². The first-order valence-electron chi connectivity index (χ1n) is 23.5. The smallest absolute Gasteiger partial charge is 0.136 e. The second-order valence-corrected chi connectivity index (χ2v) is 8.78. The van der Waals surface area contributed by atoms with E-state index >= 15 is 0 Å². The van der Waals surface area contributed by atoms with Crippen molar-refractivity contribution in [2.75, 3.05) is 4.90 Å². The fraction of sp³-hybridized carbons (Fsp3) is 0. The second kappa shape index (κ2) is 8.48. The molecular weight excluding hydrogens is 502 g/mol. The Morgan fingerprint density at radius 1 is 0.366 bits per heavy atom. The molecule has 0 saturated carbocycles. The van der Waals surface area contributed by atoms with E-state index in [2.05, 4.69) is 0 Å². The zero-order valence-corrected chi connectivity index (χ0v) is 20.3. The number of nitrogens with zero attached hydrogens (tertiary/aromatic N) is 1. The average Bonchev–Trinajstić information content (AvgIpc) is 3.87. The first-order valence-corrected chi connectivity index (χ1v) is 12.0. The van der Waals surface area contributed by atoms with E-state index in [1.54, 1.807) is 0 Å². The van der Waals surface area contributed by atoms with E-state index in [4.69, 9.17) is 30.8 Å². The zero-order valence-electron chi connectivity index (χ0n) is 43.3. The number of benzene rings is 7. The summed E-state index contributed by atoms with van der Waals surface area (Å²) < 4.78 is 215. The molecule has 2 aromatic heterocycles. The number of furan rings is 2. The number of rotatable bonds is 3. The van der Waals surface area contributed by atoms with E-state index < -0.39 is 211 Å². The van der Waals surface area contributed by atoms with Crippen LogP contribution in [0.1, 0.15) is 31.5 Å². The summed E-state index contributed by atoms with van der Waals surface area (Å²) in [7, 11) is 0. The lowest BCUT2D eigenvalue weighted by molar-refractivity contribution is 0.668. The fourth-order valence-corrected chi connectivity index (χ4v) is 4.68. The molecule has 9 aromatic rings. The van der Waals surface area contributed by atoms with Gasteiger partial charge < -0.3 is 13.7 Å². The third-order valence-electron chi connectivity index (χ3n) is 6.46. The molecule has 2 heterocycles. The largest absolute Gasteiger partial charge is 0.456 e. The molecule has 0 fully saturated rings. The zero-order chi connectivity index (χ0) is 46.9. The number of hydrogen-bond acceptors (Lipinski definition) is 3. The van der Waals surface area contributed by atoms with Crippen LogP contribution in [-0.2, 0) is 0 Å². The van der Waals surface area contributed by atoms with Crippen LogP contribution in [0.4, 0.5) is 17.1 Å². The number of anilines is 3. The van der Waals surface area contributed by atoms with Crippen LogP contribution in [0.3, 0.4) is 0 Å². The molecule has 0 aliphatic rings. The summed E-state index contributed by atoms with van der Waals surface area (Å²) in [6.45, 7) is 0. The van der Waals surface area contributed by atoms with Gasteiger partial charge in [0.05, 0.1) is 31.5 Å². The molecule has 9 rings (SSSR count). The third kappa shape index (κ3) is 3.39. The highest BCUT2D eigenvalue weighted by atomic mass is 16.3. The predicted molar refractivity (Wildman–Crippen MR) is 171 cm³/mol. The molecule has 0 aliphatic heterocycles. The highest BCUT2D eigenvalue weighted by molar-refractivity contribution is 6.17. The van der Waals surface area contributed by atoms with Crippen molar-refractivity contribution in [3.8, 4) is 0 Å². The quantitative estimate of drug-likeness (QED) is 0.206. The Hall–Kier alpha value is -5.54. The van der Waals surface area contributed by atoms with E-state index in [-0.39, 0.29) is 10.8 Å². The highest BCUT2D eigenvalue weighted by Crippen LogP contribution is 2.41. The summed E-state index contributed by atoms with van der Waals surface area (Å²) in [6.07, 6.45) is 0. The molecule has 0 radical (unpaired) electrons. The minimum Gasteiger partial charge on any atom is -0.456 e. The Morgan fingerprint density at radius 2 is 0.951 bits per heavy atom. The lowest BCUT2D eigenvalue weighted by atomic mass is 9.99. The predicted octanol–water partition coefficient (Wildman–Crippen LogP) is 11.3. The number of hydrogen-bond donors (Lipinski definition) is 0. The maximum Gasteiger partial charge on any atom is 0.136 e. The van der Waals surface area contributed by atoms with Gasteiger partial charge in [0.1, 0.15) is 22.3 Å². The Bertz CT molecular complexity index is 3700. The standard InChI is InChI=1S/C38H23NO2/c1-2-8-26(9-3-1)39(28-17-19-37-33(22-28)30-10-4-6-12-35(30)40-37)27-16-18-29-24(20-27)14-15-25-21-38-34(23-32(25)29)31-11-5-7-13-36(31)41-38/h1-23H/i1D,2D,3D,4D,5D,6D,7D,8D,9D,10D,11D,12D,13D,14D,15D,16D,17D,18D,19D,20D,21D,22D,23D. The minimum absolute atomic E-state index is 0.326. The lowest BCUT2D eigenvalue weighted by Gasteiger charge is -2.26. The van der Waals surface area contributed by atoms with Gasteiger partial charge in [0.2, 0.25) is 0 Å². The van der Waals surface area contributed by atoms with Gasteiger partial charge in [-0.05, 0) is 88.0 Å². The van der Waals surface area contributed by atoms with Crippen molar-refractivity contribution in [2.45, 2.75) is 0 Å². The Balaban J connectivity index is 1.52. The molecule has 0 atom stereocenters. The van der Waals surface area contributed by atoms with Gasteiger partial charge in [-0.1, -0.05) is 72.5 Å². The minimum atomic E-state index is -1.06. The number of fused-ring (bicyclic) bond motifs is 9. The van der Waals surface area contributed by atoms with E-state index in [0.717, 1.165) is 0 Å². The summed E-state index contributed by atoms with van der Waals surface area (Å²) >= 11 is 0. The first-order chi connectivity index (χ1) is 29.9.